The van der Waals surface area contributed by atoms with Gasteiger partial charge in [0.15, 0.2) is 5.78 Å². The maximum atomic E-state index is 12.9. The first-order valence-corrected chi connectivity index (χ1v) is 8.01. The van der Waals surface area contributed by atoms with Gasteiger partial charge in [-0.1, -0.05) is 0 Å². The van der Waals surface area contributed by atoms with E-state index in [0.717, 1.165) is 0 Å². The van der Waals surface area contributed by atoms with Crippen molar-refractivity contribution >= 4 is 27.7 Å². The second-order valence-corrected chi connectivity index (χ2v) is 6.05. The number of carbonyl (C=O) groups is 2. The fourth-order valence-corrected chi connectivity index (χ4v) is 3.22. The number of rotatable bonds is 3. The Kier molecular flexibility index (Phi) is 4.21. The van der Waals surface area contributed by atoms with Crippen LogP contribution in [0.3, 0.4) is 0 Å². The molecule has 0 saturated heterocycles. The topological polar surface area (TPSA) is 70.4 Å². The van der Waals surface area contributed by atoms with Gasteiger partial charge in [0.1, 0.15) is 17.9 Å². The number of Topliss-reactive ketones (excluding diaryl/α,β-unsaturated/α-hetero) is 1. The molecule has 0 fully saturated rings. The molecule has 7 heteroatoms. The fourth-order valence-electron chi connectivity index (χ4n) is 2.66. The molecular weight excluding hydrogens is 364 g/mol. The SMILES string of the molecule is CCOC(=O)c1cc(Br)c2c(c1)C(=O)[C@H](n1ccnc1)[C@@H](C)O2. The van der Waals surface area contributed by atoms with Crippen molar-refractivity contribution in [2.24, 2.45) is 0 Å². The number of fused-ring (bicyclic) bond motifs is 1. The first kappa shape index (κ1) is 15.7. The smallest absolute Gasteiger partial charge is 0.338 e. The predicted octanol–water partition coefficient (Wildman–Crippen LogP) is 3.03. The summed E-state index contributed by atoms with van der Waals surface area (Å²) >= 11 is 3.37. The van der Waals surface area contributed by atoms with Gasteiger partial charge in [-0.2, -0.15) is 0 Å². The molecule has 6 nitrogen and oxygen atoms in total. The fraction of sp³-hybridized carbons (Fsp3) is 0.312. The highest BCUT2D eigenvalue weighted by Crippen LogP contribution is 2.39. The molecule has 2 aromatic rings. The zero-order valence-corrected chi connectivity index (χ0v) is 14.2. The number of carbonyl (C=O) groups excluding carboxylic acids is 2. The van der Waals surface area contributed by atoms with E-state index in [-0.39, 0.29) is 18.5 Å². The summed E-state index contributed by atoms with van der Waals surface area (Å²) in [5.41, 5.74) is 0.674. The van der Waals surface area contributed by atoms with E-state index < -0.39 is 12.0 Å². The summed E-state index contributed by atoms with van der Waals surface area (Å²) < 4.78 is 13.2. The zero-order valence-electron chi connectivity index (χ0n) is 12.7. The molecule has 0 saturated carbocycles. The van der Waals surface area contributed by atoms with Gasteiger partial charge < -0.3 is 14.0 Å². The molecular formula is C16H15BrN2O4. The molecule has 120 valence electrons. The number of hydrogen-bond donors (Lipinski definition) is 0. The summed E-state index contributed by atoms with van der Waals surface area (Å²) in [5.74, 6) is -0.142. The number of benzene rings is 1. The van der Waals surface area contributed by atoms with Crippen molar-refractivity contribution in [2.75, 3.05) is 6.61 Å². The molecule has 1 aliphatic heterocycles. The van der Waals surface area contributed by atoms with E-state index in [9.17, 15) is 9.59 Å². The molecule has 2 atom stereocenters. The summed E-state index contributed by atoms with van der Waals surface area (Å²) in [4.78, 5) is 28.8. The Bertz CT molecular complexity index is 758. The zero-order chi connectivity index (χ0) is 16.6. The summed E-state index contributed by atoms with van der Waals surface area (Å²) in [6.07, 6.45) is 4.56. The number of halogens is 1. The Morgan fingerprint density at radius 3 is 2.91 bits per heavy atom. The molecule has 0 amide bonds. The number of esters is 1. The lowest BCUT2D eigenvalue weighted by atomic mass is 9.94. The van der Waals surface area contributed by atoms with Gasteiger partial charge in [0.25, 0.3) is 0 Å². The van der Waals surface area contributed by atoms with Gasteiger partial charge in [-0.25, -0.2) is 9.78 Å². The molecule has 1 aromatic heterocycles. The van der Waals surface area contributed by atoms with E-state index in [0.29, 0.717) is 21.3 Å². The third-order valence-corrected chi connectivity index (χ3v) is 4.27. The molecule has 0 bridgehead atoms. The minimum Gasteiger partial charge on any atom is -0.486 e. The van der Waals surface area contributed by atoms with Crippen molar-refractivity contribution in [3.8, 4) is 5.75 Å². The minimum absolute atomic E-state index is 0.122. The molecule has 23 heavy (non-hydrogen) atoms. The molecule has 0 aliphatic carbocycles. The second-order valence-electron chi connectivity index (χ2n) is 5.20. The van der Waals surface area contributed by atoms with Crippen LogP contribution in [0.1, 0.15) is 40.6 Å². The van der Waals surface area contributed by atoms with Crippen LogP contribution in [0.4, 0.5) is 0 Å². The first-order chi connectivity index (χ1) is 11.0. The lowest BCUT2D eigenvalue weighted by molar-refractivity contribution is 0.0526. The lowest BCUT2D eigenvalue weighted by Gasteiger charge is -2.31. The Morgan fingerprint density at radius 2 is 2.26 bits per heavy atom. The van der Waals surface area contributed by atoms with Gasteiger partial charge in [0, 0.05) is 12.4 Å². The van der Waals surface area contributed by atoms with Crippen molar-refractivity contribution in [3.05, 3.63) is 46.5 Å². The van der Waals surface area contributed by atoms with Crippen LogP contribution in [0.2, 0.25) is 0 Å². The van der Waals surface area contributed by atoms with Crippen molar-refractivity contribution < 1.29 is 19.1 Å². The van der Waals surface area contributed by atoms with Crippen LogP contribution < -0.4 is 4.74 Å². The normalized spacial score (nSPS) is 19.9. The summed E-state index contributed by atoms with van der Waals surface area (Å²) in [6, 6.07) is 2.61. The van der Waals surface area contributed by atoms with Gasteiger partial charge in [0.05, 0.1) is 28.5 Å². The van der Waals surface area contributed by atoms with E-state index in [1.165, 1.54) is 6.07 Å². The number of aromatic nitrogens is 2. The average Bonchev–Trinajstić information content (AvgIpc) is 3.02. The van der Waals surface area contributed by atoms with Gasteiger partial charge in [-0.05, 0) is 41.9 Å². The standard InChI is InChI=1S/C16H15BrN2O4/c1-3-22-16(21)10-6-11-14(20)13(19-5-4-18-8-19)9(2)23-15(11)12(17)7-10/h4-9,13H,3H2,1-2H3/t9-,13-/m1/s1. The van der Waals surface area contributed by atoms with E-state index in [1.54, 1.807) is 36.3 Å². The molecule has 1 aliphatic rings. The molecule has 3 rings (SSSR count). The predicted molar refractivity (Wildman–Crippen MR) is 85.8 cm³/mol. The quantitative estimate of drug-likeness (QED) is 0.767. The molecule has 0 radical (unpaired) electrons. The Balaban J connectivity index is 2.06. The van der Waals surface area contributed by atoms with Gasteiger partial charge in [-0.15, -0.1) is 0 Å². The van der Waals surface area contributed by atoms with Gasteiger partial charge >= 0.3 is 5.97 Å². The number of ether oxygens (including phenoxy) is 2. The Morgan fingerprint density at radius 1 is 1.48 bits per heavy atom. The van der Waals surface area contributed by atoms with Crippen LogP contribution in [0.15, 0.2) is 35.3 Å². The lowest BCUT2D eigenvalue weighted by Crippen LogP contribution is -2.37. The summed E-state index contributed by atoms with van der Waals surface area (Å²) in [5, 5.41) is 0. The summed E-state index contributed by atoms with van der Waals surface area (Å²) in [6.45, 7) is 3.83. The van der Waals surface area contributed by atoms with Crippen molar-refractivity contribution in [2.45, 2.75) is 26.0 Å². The third kappa shape index (κ3) is 2.76. The first-order valence-electron chi connectivity index (χ1n) is 7.22. The molecule has 1 aromatic carbocycles. The number of hydrogen-bond acceptors (Lipinski definition) is 5. The highest BCUT2D eigenvalue weighted by molar-refractivity contribution is 9.10. The van der Waals surface area contributed by atoms with E-state index in [1.807, 2.05) is 6.92 Å². The van der Waals surface area contributed by atoms with Gasteiger partial charge in [-0.3, -0.25) is 4.79 Å². The van der Waals surface area contributed by atoms with Crippen LogP contribution in [-0.2, 0) is 4.74 Å². The van der Waals surface area contributed by atoms with E-state index in [4.69, 9.17) is 9.47 Å². The van der Waals surface area contributed by atoms with Crippen LogP contribution in [-0.4, -0.2) is 34.0 Å². The Hall–Kier alpha value is -2.15. The van der Waals surface area contributed by atoms with E-state index in [2.05, 4.69) is 20.9 Å². The second kappa shape index (κ2) is 6.16. The number of nitrogens with zero attached hydrogens (tertiary/aromatic N) is 2. The molecule has 0 N–H and O–H groups in total. The Labute approximate surface area is 141 Å². The highest BCUT2D eigenvalue weighted by atomic mass is 79.9. The summed E-state index contributed by atoms with van der Waals surface area (Å²) in [7, 11) is 0. The van der Waals surface area contributed by atoms with Crippen molar-refractivity contribution in [1.82, 2.24) is 9.55 Å². The number of imidazole rings is 1. The monoisotopic (exact) mass is 378 g/mol. The number of ketones is 1. The highest BCUT2D eigenvalue weighted by Gasteiger charge is 2.37. The van der Waals surface area contributed by atoms with Crippen LogP contribution in [0.5, 0.6) is 5.75 Å². The molecule has 0 unspecified atom stereocenters. The van der Waals surface area contributed by atoms with E-state index >= 15 is 0 Å². The van der Waals surface area contributed by atoms with Crippen LogP contribution in [0, 0.1) is 0 Å². The largest absolute Gasteiger partial charge is 0.486 e. The van der Waals surface area contributed by atoms with Crippen molar-refractivity contribution in [3.63, 3.8) is 0 Å². The maximum absolute atomic E-state index is 12.9. The van der Waals surface area contributed by atoms with Gasteiger partial charge in [0.2, 0.25) is 0 Å². The minimum atomic E-state index is -0.519. The molecule has 2 heterocycles. The maximum Gasteiger partial charge on any atom is 0.338 e. The van der Waals surface area contributed by atoms with Crippen LogP contribution in [0.25, 0.3) is 0 Å². The van der Waals surface area contributed by atoms with Crippen LogP contribution >= 0.6 is 15.9 Å². The average molecular weight is 379 g/mol. The van der Waals surface area contributed by atoms with Crippen molar-refractivity contribution in [1.29, 1.82) is 0 Å². The molecule has 0 spiro atoms. The third-order valence-electron chi connectivity index (χ3n) is 3.68.